The van der Waals surface area contributed by atoms with Crippen LogP contribution in [-0.4, -0.2) is 4.31 Å². The number of thiol groups is 1. The number of rotatable bonds is 0. The first-order valence-electron chi connectivity index (χ1n) is 5.44. The number of nitrogens with zero attached hydrogens (tertiary/aromatic N) is 1. The van der Waals surface area contributed by atoms with Gasteiger partial charge in [0.15, 0.2) is 0 Å². The molecule has 80 valence electrons. The normalized spacial score (nSPS) is 15.1. The fraction of sp³-hybridized carbons (Fsp3) is 0.143. The van der Waals surface area contributed by atoms with Gasteiger partial charge in [-0.05, 0) is 22.3 Å². The topological polar surface area (TPSA) is 3.24 Å². The average molecular weight is 227 g/mol. The maximum absolute atomic E-state index is 4.51. The minimum Gasteiger partial charge on any atom is -0.244 e. The molecule has 0 amide bonds. The molecule has 1 aliphatic heterocycles. The van der Waals surface area contributed by atoms with Crippen molar-refractivity contribution in [3.8, 4) is 11.1 Å². The van der Waals surface area contributed by atoms with Crippen LogP contribution in [0.2, 0.25) is 0 Å². The average Bonchev–Trinajstić information content (AvgIpc) is 2.44. The molecule has 0 aliphatic carbocycles. The summed E-state index contributed by atoms with van der Waals surface area (Å²) in [6.45, 7) is 1.79. The summed E-state index contributed by atoms with van der Waals surface area (Å²) in [6.07, 6.45) is 0. The largest absolute Gasteiger partial charge is 0.244 e. The second-order valence-electron chi connectivity index (χ2n) is 4.14. The molecule has 1 heterocycles. The van der Waals surface area contributed by atoms with E-state index < -0.39 is 0 Å². The molecule has 0 fully saturated rings. The summed E-state index contributed by atoms with van der Waals surface area (Å²) in [5.41, 5.74) is 5.38. The first kappa shape index (κ1) is 9.94. The van der Waals surface area contributed by atoms with Crippen molar-refractivity contribution in [3.63, 3.8) is 0 Å². The molecule has 1 aliphatic rings. The summed E-state index contributed by atoms with van der Waals surface area (Å²) >= 11 is 4.51. The second kappa shape index (κ2) is 3.96. The van der Waals surface area contributed by atoms with Gasteiger partial charge in [-0.25, -0.2) is 4.31 Å². The fourth-order valence-electron chi connectivity index (χ4n) is 2.29. The van der Waals surface area contributed by atoms with Crippen LogP contribution in [0.3, 0.4) is 0 Å². The molecule has 1 nitrogen and oxygen atoms in total. The zero-order valence-electron chi connectivity index (χ0n) is 8.93. The van der Waals surface area contributed by atoms with Gasteiger partial charge in [0, 0.05) is 13.1 Å². The molecule has 16 heavy (non-hydrogen) atoms. The van der Waals surface area contributed by atoms with Crippen LogP contribution in [0.5, 0.6) is 0 Å². The van der Waals surface area contributed by atoms with Crippen LogP contribution in [0.15, 0.2) is 48.5 Å². The van der Waals surface area contributed by atoms with E-state index in [1.54, 1.807) is 0 Å². The van der Waals surface area contributed by atoms with E-state index in [9.17, 15) is 0 Å². The molecule has 0 atom stereocenters. The van der Waals surface area contributed by atoms with Crippen LogP contribution in [-0.2, 0) is 13.1 Å². The van der Waals surface area contributed by atoms with E-state index in [4.69, 9.17) is 0 Å². The SMILES string of the molecule is SN1Cc2ccccc2-c2ccccc2C1. The Bertz CT molecular complexity index is 474. The standard InChI is InChI=1S/C14H13NS/c16-15-9-11-5-1-3-7-13(11)14-8-4-2-6-12(14)10-15/h1-8,16H,9-10H2. The third-order valence-corrected chi connectivity index (χ3v) is 3.31. The lowest BCUT2D eigenvalue weighted by Gasteiger charge is -2.12. The van der Waals surface area contributed by atoms with Gasteiger partial charge in [-0.15, -0.1) is 0 Å². The number of hydrogen-bond donors (Lipinski definition) is 1. The van der Waals surface area contributed by atoms with E-state index in [0.717, 1.165) is 13.1 Å². The fourth-order valence-corrected chi connectivity index (χ4v) is 2.60. The van der Waals surface area contributed by atoms with Crippen LogP contribution in [0.1, 0.15) is 11.1 Å². The highest BCUT2D eigenvalue weighted by molar-refractivity contribution is 7.77. The lowest BCUT2D eigenvalue weighted by atomic mass is 9.97. The Hall–Kier alpha value is -1.25. The lowest BCUT2D eigenvalue weighted by molar-refractivity contribution is 0.474. The Morgan fingerprint density at radius 1 is 0.750 bits per heavy atom. The second-order valence-corrected chi connectivity index (χ2v) is 4.70. The minimum absolute atomic E-state index is 0.897. The third kappa shape index (κ3) is 1.64. The molecule has 2 heteroatoms. The molecule has 2 aromatic carbocycles. The lowest BCUT2D eigenvalue weighted by Crippen LogP contribution is -2.09. The highest BCUT2D eigenvalue weighted by atomic mass is 32.1. The van der Waals surface area contributed by atoms with Gasteiger partial charge in [0.1, 0.15) is 0 Å². The van der Waals surface area contributed by atoms with Crippen molar-refractivity contribution in [1.82, 2.24) is 4.31 Å². The maximum Gasteiger partial charge on any atom is 0.0348 e. The molecule has 0 aromatic heterocycles. The van der Waals surface area contributed by atoms with Gasteiger partial charge >= 0.3 is 0 Å². The van der Waals surface area contributed by atoms with Crippen molar-refractivity contribution in [2.45, 2.75) is 13.1 Å². The molecule has 0 saturated carbocycles. The molecule has 0 bridgehead atoms. The molecular formula is C14H13NS. The van der Waals surface area contributed by atoms with E-state index in [2.05, 4.69) is 65.7 Å². The molecule has 0 spiro atoms. The third-order valence-electron chi connectivity index (χ3n) is 3.03. The van der Waals surface area contributed by atoms with Gasteiger partial charge in [-0.3, -0.25) is 0 Å². The summed E-state index contributed by atoms with van der Waals surface area (Å²) in [5.74, 6) is 0. The summed E-state index contributed by atoms with van der Waals surface area (Å²) in [6, 6.07) is 17.1. The Morgan fingerprint density at radius 2 is 1.19 bits per heavy atom. The van der Waals surface area contributed by atoms with Gasteiger partial charge in [0.05, 0.1) is 0 Å². The molecule has 3 rings (SSSR count). The predicted octanol–water partition coefficient (Wildman–Crippen LogP) is 3.51. The molecular weight excluding hydrogens is 214 g/mol. The smallest absolute Gasteiger partial charge is 0.0348 e. The van der Waals surface area contributed by atoms with Crippen molar-refractivity contribution in [2.75, 3.05) is 0 Å². The quantitative estimate of drug-likeness (QED) is 0.674. The van der Waals surface area contributed by atoms with E-state index in [-0.39, 0.29) is 0 Å². The van der Waals surface area contributed by atoms with Crippen molar-refractivity contribution in [2.24, 2.45) is 0 Å². The number of benzene rings is 2. The number of hydrogen-bond acceptors (Lipinski definition) is 2. The zero-order valence-corrected chi connectivity index (χ0v) is 9.82. The zero-order chi connectivity index (χ0) is 11.0. The molecule has 0 unspecified atom stereocenters. The van der Waals surface area contributed by atoms with Crippen molar-refractivity contribution in [3.05, 3.63) is 59.7 Å². The molecule has 2 aromatic rings. The van der Waals surface area contributed by atoms with Gasteiger partial charge in [-0.2, -0.15) is 0 Å². The summed E-state index contributed by atoms with van der Waals surface area (Å²) < 4.78 is 2.06. The van der Waals surface area contributed by atoms with Gasteiger partial charge in [0.25, 0.3) is 0 Å². The van der Waals surface area contributed by atoms with Crippen LogP contribution >= 0.6 is 12.8 Å². The molecule has 0 N–H and O–H groups in total. The first-order chi connectivity index (χ1) is 7.84. The first-order valence-corrected chi connectivity index (χ1v) is 5.84. The summed E-state index contributed by atoms with van der Waals surface area (Å²) in [7, 11) is 0. The predicted molar refractivity (Wildman–Crippen MR) is 70.1 cm³/mol. The van der Waals surface area contributed by atoms with Gasteiger partial charge in [-0.1, -0.05) is 61.3 Å². The van der Waals surface area contributed by atoms with Gasteiger partial charge < -0.3 is 0 Å². The number of fused-ring (bicyclic) bond motifs is 3. The minimum atomic E-state index is 0.897. The van der Waals surface area contributed by atoms with E-state index in [1.807, 2.05) is 0 Å². The Kier molecular flexibility index (Phi) is 2.46. The molecule has 0 radical (unpaired) electrons. The Morgan fingerprint density at radius 3 is 1.69 bits per heavy atom. The van der Waals surface area contributed by atoms with Gasteiger partial charge in [0.2, 0.25) is 0 Å². The van der Waals surface area contributed by atoms with Crippen LogP contribution in [0, 0.1) is 0 Å². The van der Waals surface area contributed by atoms with Crippen molar-refractivity contribution < 1.29 is 0 Å². The molecule has 0 saturated heterocycles. The van der Waals surface area contributed by atoms with Crippen LogP contribution < -0.4 is 0 Å². The maximum atomic E-state index is 4.51. The van der Waals surface area contributed by atoms with Crippen LogP contribution in [0.25, 0.3) is 11.1 Å². The highest BCUT2D eigenvalue weighted by Crippen LogP contribution is 2.32. The Labute approximate surface area is 101 Å². The van der Waals surface area contributed by atoms with E-state index in [0.29, 0.717) is 0 Å². The van der Waals surface area contributed by atoms with E-state index >= 15 is 0 Å². The summed E-state index contributed by atoms with van der Waals surface area (Å²) in [4.78, 5) is 0. The van der Waals surface area contributed by atoms with E-state index in [1.165, 1.54) is 22.3 Å². The highest BCUT2D eigenvalue weighted by Gasteiger charge is 2.16. The Balaban J connectivity index is 2.26. The summed E-state index contributed by atoms with van der Waals surface area (Å²) in [5, 5.41) is 0. The monoisotopic (exact) mass is 227 g/mol. The van der Waals surface area contributed by atoms with Crippen LogP contribution in [0.4, 0.5) is 0 Å². The van der Waals surface area contributed by atoms with Crippen molar-refractivity contribution >= 4 is 12.8 Å². The van der Waals surface area contributed by atoms with Crippen molar-refractivity contribution in [1.29, 1.82) is 0 Å².